The summed E-state index contributed by atoms with van der Waals surface area (Å²) in [6.45, 7) is 3.03. The Kier molecular flexibility index (Phi) is 5.51. The Morgan fingerprint density at radius 3 is 2.53 bits per heavy atom. The van der Waals surface area contributed by atoms with Gasteiger partial charge in [-0.2, -0.15) is 0 Å². The number of likely N-dealkylation sites (N-methyl/N-ethyl adjacent to an activating group) is 1. The van der Waals surface area contributed by atoms with Crippen molar-refractivity contribution in [2.75, 3.05) is 13.6 Å². The van der Waals surface area contributed by atoms with Gasteiger partial charge in [0.2, 0.25) is 0 Å². The van der Waals surface area contributed by atoms with E-state index in [9.17, 15) is 0 Å². The third kappa shape index (κ3) is 4.54. The van der Waals surface area contributed by atoms with E-state index in [4.69, 9.17) is 16.3 Å². The molecule has 1 atom stereocenters. The zero-order chi connectivity index (χ0) is 11.1. The predicted molar refractivity (Wildman–Crippen MR) is 64.7 cm³/mol. The summed E-state index contributed by atoms with van der Waals surface area (Å²) in [5, 5.41) is 3.87. The van der Waals surface area contributed by atoms with Crippen LogP contribution in [0.15, 0.2) is 24.3 Å². The van der Waals surface area contributed by atoms with Crippen molar-refractivity contribution >= 4 is 11.6 Å². The molecule has 0 amide bonds. The summed E-state index contributed by atoms with van der Waals surface area (Å²) >= 11 is 5.80. The van der Waals surface area contributed by atoms with Gasteiger partial charge in [0.1, 0.15) is 11.9 Å². The Morgan fingerprint density at radius 1 is 1.33 bits per heavy atom. The van der Waals surface area contributed by atoms with Crippen molar-refractivity contribution in [1.29, 1.82) is 0 Å². The van der Waals surface area contributed by atoms with Gasteiger partial charge in [0.05, 0.1) is 0 Å². The molecule has 1 N–H and O–H groups in total. The lowest BCUT2D eigenvalue weighted by Crippen LogP contribution is -2.28. The van der Waals surface area contributed by atoms with Crippen LogP contribution in [0.2, 0.25) is 5.02 Å². The van der Waals surface area contributed by atoms with Crippen LogP contribution < -0.4 is 10.1 Å². The van der Waals surface area contributed by atoms with E-state index in [1.165, 1.54) is 0 Å². The van der Waals surface area contributed by atoms with E-state index in [0.717, 1.165) is 30.2 Å². The SMILES string of the molecule is CCCC(CNC)Oc1ccc(Cl)cc1. The molecular weight excluding hydrogens is 210 g/mol. The van der Waals surface area contributed by atoms with Gasteiger partial charge < -0.3 is 10.1 Å². The molecule has 1 unspecified atom stereocenters. The lowest BCUT2D eigenvalue weighted by Gasteiger charge is -2.18. The first-order valence-corrected chi connectivity index (χ1v) is 5.71. The van der Waals surface area contributed by atoms with E-state index in [-0.39, 0.29) is 6.10 Å². The summed E-state index contributed by atoms with van der Waals surface area (Å²) in [6, 6.07) is 7.50. The zero-order valence-electron chi connectivity index (χ0n) is 9.29. The average Bonchev–Trinajstić information content (AvgIpc) is 2.22. The Hall–Kier alpha value is -0.730. The maximum atomic E-state index is 5.83. The molecule has 15 heavy (non-hydrogen) atoms. The molecule has 3 heteroatoms. The third-order valence-electron chi connectivity index (χ3n) is 2.16. The van der Waals surface area contributed by atoms with Crippen LogP contribution in [0.1, 0.15) is 19.8 Å². The van der Waals surface area contributed by atoms with Crippen molar-refractivity contribution in [3.8, 4) is 5.75 Å². The summed E-state index contributed by atoms with van der Waals surface area (Å²) in [7, 11) is 1.94. The molecule has 0 aliphatic carbocycles. The quantitative estimate of drug-likeness (QED) is 0.807. The third-order valence-corrected chi connectivity index (χ3v) is 2.41. The van der Waals surface area contributed by atoms with Crippen LogP contribution in [0, 0.1) is 0 Å². The Labute approximate surface area is 96.6 Å². The average molecular weight is 228 g/mol. The summed E-state index contributed by atoms with van der Waals surface area (Å²) < 4.78 is 5.83. The Balaban J connectivity index is 2.53. The molecule has 0 radical (unpaired) electrons. The molecule has 1 rings (SSSR count). The number of rotatable bonds is 6. The fraction of sp³-hybridized carbons (Fsp3) is 0.500. The van der Waals surface area contributed by atoms with Gasteiger partial charge in [-0.25, -0.2) is 0 Å². The molecule has 0 spiro atoms. The van der Waals surface area contributed by atoms with Crippen LogP contribution in [-0.4, -0.2) is 19.7 Å². The van der Waals surface area contributed by atoms with Gasteiger partial charge in [0.25, 0.3) is 0 Å². The minimum Gasteiger partial charge on any atom is -0.489 e. The van der Waals surface area contributed by atoms with Crippen LogP contribution in [-0.2, 0) is 0 Å². The molecule has 0 aliphatic heterocycles. The first-order valence-electron chi connectivity index (χ1n) is 5.33. The molecule has 0 aliphatic rings. The van der Waals surface area contributed by atoms with E-state index >= 15 is 0 Å². The standard InChI is InChI=1S/C12H18ClNO/c1-3-4-12(9-14-2)15-11-7-5-10(13)6-8-11/h5-8,12,14H,3-4,9H2,1-2H3. The van der Waals surface area contributed by atoms with Gasteiger partial charge in [-0.1, -0.05) is 24.9 Å². The summed E-state index contributed by atoms with van der Waals surface area (Å²) in [6.07, 6.45) is 2.42. The van der Waals surface area contributed by atoms with Crippen molar-refractivity contribution < 1.29 is 4.74 Å². The van der Waals surface area contributed by atoms with E-state index in [1.54, 1.807) is 0 Å². The first-order chi connectivity index (χ1) is 7.26. The minimum atomic E-state index is 0.237. The van der Waals surface area contributed by atoms with Crippen molar-refractivity contribution in [2.24, 2.45) is 0 Å². The van der Waals surface area contributed by atoms with Crippen molar-refractivity contribution in [3.63, 3.8) is 0 Å². The second-order valence-electron chi connectivity index (χ2n) is 3.54. The largest absolute Gasteiger partial charge is 0.489 e. The minimum absolute atomic E-state index is 0.237. The Bertz CT molecular complexity index is 267. The highest BCUT2D eigenvalue weighted by atomic mass is 35.5. The van der Waals surface area contributed by atoms with Crippen LogP contribution in [0.4, 0.5) is 0 Å². The molecule has 1 aromatic rings. The number of hydrogen-bond donors (Lipinski definition) is 1. The maximum absolute atomic E-state index is 5.83. The van der Waals surface area contributed by atoms with E-state index in [2.05, 4.69) is 12.2 Å². The van der Waals surface area contributed by atoms with Crippen LogP contribution in [0.3, 0.4) is 0 Å². The Morgan fingerprint density at radius 2 is 2.00 bits per heavy atom. The smallest absolute Gasteiger partial charge is 0.119 e. The molecule has 0 fully saturated rings. The van der Waals surface area contributed by atoms with Gasteiger partial charge >= 0.3 is 0 Å². The summed E-state index contributed by atoms with van der Waals surface area (Å²) in [4.78, 5) is 0. The number of nitrogens with one attached hydrogen (secondary N) is 1. The molecule has 84 valence electrons. The number of hydrogen-bond acceptors (Lipinski definition) is 2. The zero-order valence-corrected chi connectivity index (χ0v) is 10.1. The molecule has 0 saturated carbocycles. The molecular formula is C12H18ClNO. The highest BCUT2D eigenvalue weighted by molar-refractivity contribution is 6.30. The van der Waals surface area contributed by atoms with Gasteiger partial charge in [0.15, 0.2) is 0 Å². The molecule has 0 aromatic heterocycles. The van der Waals surface area contributed by atoms with E-state index < -0.39 is 0 Å². The van der Waals surface area contributed by atoms with Crippen molar-refractivity contribution in [3.05, 3.63) is 29.3 Å². The topological polar surface area (TPSA) is 21.3 Å². The molecule has 0 bridgehead atoms. The first kappa shape index (κ1) is 12.3. The predicted octanol–water partition coefficient (Wildman–Crippen LogP) is 3.11. The molecule has 0 saturated heterocycles. The second kappa shape index (κ2) is 6.70. The van der Waals surface area contributed by atoms with Crippen LogP contribution in [0.25, 0.3) is 0 Å². The van der Waals surface area contributed by atoms with Gasteiger partial charge in [0, 0.05) is 11.6 Å². The summed E-state index contributed by atoms with van der Waals surface area (Å²) in [5.41, 5.74) is 0. The van der Waals surface area contributed by atoms with E-state index in [0.29, 0.717) is 0 Å². The second-order valence-corrected chi connectivity index (χ2v) is 3.98. The lowest BCUT2D eigenvalue weighted by molar-refractivity contribution is 0.189. The van der Waals surface area contributed by atoms with Gasteiger partial charge in [-0.3, -0.25) is 0 Å². The molecule has 0 heterocycles. The van der Waals surface area contributed by atoms with E-state index in [1.807, 2.05) is 31.3 Å². The fourth-order valence-corrected chi connectivity index (χ4v) is 1.58. The number of halogens is 1. The molecule has 2 nitrogen and oxygen atoms in total. The maximum Gasteiger partial charge on any atom is 0.119 e. The summed E-state index contributed by atoms with van der Waals surface area (Å²) in [5.74, 6) is 0.883. The van der Waals surface area contributed by atoms with Gasteiger partial charge in [-0.15, -0.1) is 0 Å². The normalized spacial score (nSPS) is 12.5. The van der Waals surface area contributed by atoms with Gasteiger partial charge in [-0.05, 0) is 37.7 Å². The lowest BCUT2D eigenvalue weighted by atomic mass is 10.2. The van der Waals surface area contributed by atoms with Crippen LogP contribution in [0.5, 0.6) is 5.75 Å². The van der Waals surface area contributed by atoms with Crippen molar-refractivity contribution in [1.82, 2.24) is 5.32 Å². The van der Waals surface area contributed by atoms with Crippen molar-refractivity contribution in [2.45, 2.75) is 25.9 Å². The number of benzene rings is 1. The monoisotopic (exact) mass is 227 g/mol. The highest BCUT2D eigenvalue weighted by Gasteiger charge is 2.07. The fourth-order valence-electron chi connectivity index (χ4n) is 1.46. The highest BCUT2D eigenvalue weighted by Crippen LogP contribution is 2.17. The molecule has 1 aromatic carbocycles. The number of ether oxygens (including phenoxy) is 1. The van der Waals surface area contributed by atoms with Crippen LogP contribution >= 0.6 is 11.6 Å².